The number of hydrogen-bond donors (Lipinski definition) is 1. The molecule has 106 valence electrons. The number of nitrogens with one attached hydrogen (secondary N) is 1. The Morgan fingerprint density at radius 2 is 1.78 bits per heavy atom. The molecular weight excluding hydrogens is 246 g/mol. The van der Waals surface area contributed by atoms with Crippen LogP contribution in [0.4, 0.5) is 0 Å². The molecule has 3 heteroatoms. The van der Waals surface area contributed by atoms with Crippen LogP contribution >= 0.6 is 11.6 Å². The number of carbonyl (C=O) groups is 1. The quantitative estimate of drug-likeness (QED) is 0.515. The molecule has 0 radical (unpaired) electrons. The molecule has 18 heavy (non-hydrogen) atoms. The van der Waals surface area contributed by atoms with Crippen molar-refractivity contribution in [1.29, 1.82) is 0 Å². The summed E-state index contributed by atoms with van der Waals surface area (Å²) in [6.45, 7) is 2.21. The predicted octanol–water partition coefficient (Wildman–Crippen LogP) is 4.40. The summed E-state index contributed by atoms with van der Waals surface area (Å²) in [5.41, 5.74) is -0.0969. The molecule has 0 unspecified atom stereocenters. The molecule has 0 saturated heterocycles. The van der Waals surface area contributed by atoms with E-state index in [0.717, 1.165) is 19.3 Å². The van der Waals surface area contributed by atoms with Crippen LogP contribution in [-0.4, -0.2) is 17.3 Å². The van der Waals surface area contributed by atoms with E-state index in [1.807, 2.05) is 0 Å². The van der Waals surface area contributed by atoms with E-state index in [-0.39, 0.29) is 11.4 Å². The maximum Gasteiger partial charge on any atom is 0.220 e. The van der Waals surface area contributed by atoms with Crippen molar-refractivity contribution in [2.75, 3.05) is 5.88 Å². The lowest BCUT2D eigenvalue weighted by Crippen LogP contribution is -2.51. The highest BCUT2D eigenvalue weighted by atomic mass is 35.5. The average Bonchev–Trinajstić information content (AvgIpc) is 2.39. The van der Waals surface area contributed by atoms with Crippen LogP contribution in [0.5, 0.6) is 0 Å². The van der Waals surface area contributed by atoms with Crippen molar-refractivity contribution in [3.05, 3.63) is 0 Å². The second kappa shape index (κ2) is 8.79. The van der Waals surface area contributed by atoms with E-state index in [4.69, 9.17) is 11.6 Å². The van der Waals surface area contributed by atoms with Gasteiger partial charge in [-0.05, 0) is 19.3 Å². The first-order chi connectivity index (χ1) is 8.72. The molecule has 1 fully saturated rings. The van der Waals surface area contributed by atoms with Crippen LogP contribution in [0.25, 0.3) is 0 Å². The number of unbranched alkanes of at least 4 members (excludes halogenated alkanes) is 4. The summed E-state index contributed by atoms with van der Waals surface area (Å²) in [5, 5.41) is 3.20. The third-order valence-corrected chi connectivity index (χ3v) is 4.49. The highest BCUT2D eigenvalue weighted by Gasteiger charge is 2.32. The largest absolute Gasteiger partial charge is 0.349 e. The van der Waals surface area contributed by atoms with Crippen LogP contribution in [0.3, 0.4) is 0 Å². The van der Waals surface area contributed by atoms with Gasteiger partial charge in [-0.3, -0.25) is 4.79 Å². The summed E-state index contributed by atoms with van der Waals surface area (Å²) < 4.78 is 0. The zero-order chi connectivity index (χ0) is 13.3. The van der Waals surface area contributed by atoms with Gasteiger partial charge in [-0.1, -0.05) is 51.9 Å². The van der Waals surface area contributed by atoms with Crippen LogP contribution in [0.2, 0.25) is 0 Å². The summed E-state index contributed by atoms with van der Waals surface area (Å²) in [6, 6.07) is 0. The molecule has 1 N–H and O–H groups in total. The Morgan fingerprint density at radius 3 is 2.39 bits per heavy atom. The SMILES string of the molecule is CCCCCCCC(=O)NC1(CCl)CCCCC1. The Morgan fingerprint density at radius 1 is 1.11 bits per heavy atom. The van der Waals surface area contributed by atoms with Gasteiger partial charge in [-0.2, -0.15) is 0 Å². The first-order valence-corrected chi connectivity index (χ1v) is 8.13. The van der Waals surface area contributed by atoms with E-state index >= 15 is 0 Å². The number of alkyl halides is 1. The van der Waals surface area contributed by atoms with Crippen LogP contribution in [0.15, 0.2) is 0 Å². The van der Waals surface area contributed by atoms with Crippen molar-refractivity contribution in [3.8, 4) is 0 Å². The molecule has 0 aromatic rings. The van der Waals surface area contributed by atoms with Crippen LogP contribution in [0.1, 0.15) is 77.6 Å². The van der Waals surface area contributed by atoms with Gasteiger partial charge in [0.25, 0.3) is 0 Å². The van der Waals surface area contributed by atoms with Gasteiger partial charge in [0, 0.05) is 12.3 Å². The molecule has 1 rings (SSSR count). The van der Waals surface area contributed by atoms with E-state index in [1.54, 1.807) is 0 Å². The lowest BCUT2D eigenvalue weighted by Gasteiger charge is -2.36. The normalized spacial score (nSPS) is 18.6. The average molecular weight is 274 g/mol. The Bertz CT molecular complexity index is 237. The fourth-order valence-electron chi connectivity index (χ4n) is 2.77. The Labute approximate surface area is 117 Å². The summed E-state index contributed by atoms with van der Waals surface area (Å²) in [6.07, 6.45) is 12.4. The standard InChI is InChI=1S/C15H28ClNO/c1-2-3-4-5-7-10-14(18)17-15(13-16)11-8-6-9-12-15/h2-13H2,1H3,(H,17,18). The van der Waals surface area contributed by atoms with Crippen molar-refractivity contribution in [1.82, 2.24) is 5.32 Å². The second-order valence-corrected chi connectivity index (χ2v) is 5.95. The van der Waals surface area contributed by atoms with Gasteiger partial charge in [0.2, 0.25) is 5.91 Å². The molecular formula is C15H28ClNO. The first kappa shape index (κ1) is 15.8. The summed E-state index contributed by atoms with van der Waals surface area (Å²) in [7, 11) is 0. The molecule has 1 aliphatic carbocycles. The van der Waals surface area contributed by atoms with Gasteiger partial charge in [-0.15, -0.1) is 11.6 Å². The van der Waals surface area contributed by atoms with E-state index in [0.29, 0.717) is 12.3 Å². The minimum absolute atomic E-state index is 0.0969. The number of halogens is 1. The monoisotopic (exact) mass is 273 g/mol. The summed E-state index contributed by atoms with van der Waals surface area (Å²) >= 11 is 6.07. The van der Waals surface area contributed by atoms with Crippen LogP contribution in [0, 0.1) is 0 Å². The molecule has 0 aliphatic heterocycles. The topological polar surface area (TPSA) is 29.1 Å². The van der Waals surface area contributed by atoms with Gasteiger partial charge in [0.15, 0.2) is 0 Å². The van der Waals surface area contributed by atoms with Crippen LogP contribution in [-0.2, 0) is 4.79 Å². The fourth-order valence-corrected chi connectivity index (χ4v) is 3.10. The molecule has 1 aliphatic rings. The van der Waals surface area contributed by atoms with E-state index in [1.165, 1.54) is 44.9 Å². The Balaban J connectivity index is 2.20. The van der Waals surface area contributed by atoms with Crippen molar-refractivity contribution >= 4 is 17.5 Å². The lowest BCUT2D eigenvalue weighted by atomic mass is 9.83. The van der Waals surface area contributed by atoms with Crippen molar-refractivity contribution in [3.63, 3.8) is 0 Å². The van der Waals surface area contributed by atoms with Crippen LogP contribution < -0.4 is 5.32 Å². The Hall–Kier alpha value is -0.240. The molecule has 0 bridgehead atoms. The van der Waals surface area contributed by atoms with E-state index in [2.05, 4.69) is 12.2 Å². The van der Waals surface area contributed by atoms with Gasteiger partial charge in [0.05, 0.1) is 5.54 Å². The molecule has 1 saturated carbocycles. The maximum absolute atomic E-state index is 11.9. The Kier molecular flexibility index (Phi) is 7.73. The molecule has 2 nitrogen and oxygen atoms in total. The molecule has 0 spiro atoms. The minimum atomic E-state index is -0.0969. The highest BCUT2D eigenvalue weighted by Crippen LogP contribution is 2.29. The molecule has 0 atom stereocenters. The number of hydrogen-bond acceptors (Lipinski definition) is 1. The minimum Gasteiger partial charge on any atom is -0.349 e. The smallest absolute Gasteiger partial charge is 0.220 e. The molecule has 0 aromatic carbocycles. The predicted molar refractivity (Wildman–Crippen MR) is 78.1 cm³/mol. The van der Waals surface area contributed by atoms with Crippen molar-refractivity contribution in [2.24, 2.45) is 0 Å². The fraction of sp³-hybridized carbons (Fsp3) is 0.933. The van der Waals surface area contributed by atoms with Gasteiger partial charge >= 0.3 is 0 Å². The summed E-state index contributed by atoms with van der Waals surface area (Å²) in [4.78, 5) is 11.9. The molecule has 0 heterocycles. The van der Waals surface area contributed by atoms with Gasteiger partial charge < -0.3 is 5.32 Å². The zero-order valence-corrected chi connectivity index (χ0v) is 12.5. The molecule has 1 amide bonds. The van der Waals surface area contributed by atoms with Crippen molar-refractivity contribution < 1.29 is 4.79 Å². The number of carbonyl (C=O) groups excluding carboxylic acids is 1. The zero-order valence-electron chi connectivity index (χ0n) is 11.8. The third kappa shape index (κ3) is 5.60. The molecule has 0 aromatic heterocycles. The lowest BCUT2D eigenvalue weighted by molar-refractivity contribution is -0.123. The summed E-state index contributed by atoms with van der Waals surface area (Å²) in [5.74, 6) is 0.767. The number of amides is 1. The van der Waals surface area contributed by atoms with Crippen molar-refractivity contribution in [2.45, 2.75) is 83.1 Å². The maximum atomic E-state index is 11.9. The highest BCUT2D eigenvalue weighted by molar-refractivity contribution is 6.18. The second-order valence-electron chi connectivity index (χ2n) is 5.69. The van der Waals surface area contributed by atoms with Gasteiger partial charge in [0.1, 0.15) is 0 Å². The third-order valence-electron chi connectivity index (χ3n) is 3.98. The van der Waals surface area contributed by atoms with Gasteiger partial charge in [-0.25, -0.2) is 0 Å². The van der Waals surface area contributed by atoms with E-state index in [9.17, 15) is 4.79 Å². The van der Waals surface area contributed by atoms with E-state index < -0.39 is 0 Å². The number of rotatable bonds is 8. The first-order valence-electron chi connectivity index (χ1n) is 7.59.